The second-order valence-corrected chi connectivity index (χ2v) is 9.81. The molecule has 0 spiro atoms. The van der Waals surface area contributed by atoms with Gasteiger partial charge in [0.15, 0.2) is 11.5 Å². The maximum absolute atomic E-state index is 13.8. The number of hydrogen-bond acceptors (Lipinski definition) is 6. The molecule has 0 aliphatic carbocycles. The summed E-state index contributed by atoms with van der Waals surface area (Å²) in [6.45, 7) is 11.4. The van der Waals surface area contributed by atoms with Crippen molar-refractivity contribution in [3.05, 3.63) is 62.4 Å². The normalized spacial score (nSPS) is 14.1. The van der Waals surface area contributed by atoms with Gasteiger partial charge in [-0.2, -0.15) is 0 Å². The van der Waals surface area contributed by atoms with Gasteiger partial charge in [-0.15, -0.1) is 0 Å². The van der Waals surface area contributed by atoms with Crippen LogP contribution in [0.15, 0.2) is 44.7 Å². The molecule has 2 aromatic carbocycles. The third kappa shape index (κ3) is 3.94. The van der Waals surface area contributed by atoms with Gasteiger partial charge in [-0.1, -0.05) is 29.4 Å². The van der Waals surface area contributed by atoms with Crippen molar-refractivity contribution in [2.75, 3.05) is 0 Å². The van der Waals surface area contributed by atoms with Crippen LogP contribution in [0.1, 0.15) is 58.2 Å². The van der Waals surface area contributed by atoms with Gasteiger partial charge in [0.25, 0.3) is 0 Å². The lowest BCUT2D eigenvalue weighted by Gasteiger charge is -2.29. The Morgan fingerprint density at radius 3 is 2.18 bits per heavy atom. The second kappa shape index (κ2) is 8.28. The molecule has 178 valence electrons. The minimum atomic E-state index is -0.672. The first-order chi connectivity index (χ1) is 15.9. The molecule has 6 heteroatoms. The van der Waals surface area contributed by atoms with Crippen LogP contribution in [0.3, 0.4) is 0 Å². The highest BCUT2D eigenvalue weighted by Gasteiger charge is 2.31. The van der Waals surface area contributed by atoms with Crippen LogP contribution >= 0.6 is 0 Å². The molecule has 0 saturated heterocycles. The molecule has 6 nitrogen and oxygen atoms in total. The quantitative estimate of drug-likeness (QED) is 0.312. The average molecular weight is 463 g/mol. The van der Waals surface area contributed by atoms with Gasteiger partial charge in [-0.25, -0.2) is 0 Å². The number of aromatic hydroxyl groups is 3. The fourth-order valence-electron chi connectivity index (χ4n) is 4.15. The molecule has 0 saturated carbocycles. The van der Waals surface area contributed by atoms with Gasteiger partial charge in [0, 0.05) is 22.8 Å². The lowest BCUT2D eigenvalue weighted by molar-refractivity contribution is 0.153. The van der Waals surface area contributed by atoms with Crippen molar-refractivity contribution in [2.24, 2.45) is 0 Å². The molecule has 3 N–H and O–H groups in total. The van der Waals surface area contributed by atoms with Gasteiger partial charge in [-0.3, -0.25) is 4.79 Å². The minimum absolute atomic E-state index is 0.0123. The monoisotopic (exact) mass is 462 g/mol. The Morgan fingerprint density at radius 2 is 1.56 bits per heavy atom. The number of phenols is 3. The van der Waals surface area contributed by atoms with Crippen molar-refractivity contribution in [1.29, 1.82) is 0 Å². The van der Waals surface area contributed by atoms with Crippen molar-refractivity contribution in [1.82, 2.24) is 0 Å². The molecule has 0 atom stereocenters. The van der Waals surface area contributed by atoms with Gasteiger partial charge in [0.2, 0.25) is 5.43 Å². The van der Waals surface area contributed by atoms with Crippen LogP contribution in [0.25, 0.3) is 28.0 Å². The van der Waals surface area contributed by atoms with Gasteiger partial charge in [0.05, 0.1) is 5.39 Å². The molecule has 0 radical (unpaired) electrons. The van der Waals surface area contributed by atoms with E-state index >= 15 is 0 Å². The average Bonchev–Trinajstić information content (AvgIpc) is 2.72. The summed E-state index contributed by atoms with van der Waals surface area (Å²) in [4.78, 5) is 13.8. The van der Waals surface area contributed by atoms with Gasteiger partial charge in [-0.05, 0) is 60.5 Å². The Labute approximate surface area is 198 Å². The van der Waals surface area contributed by atoms with E-state index in [4.69, 9.17) is 9.15 Å². The molecule has 0 unspecified atom stereocenters. The molecule has 3 aromatic rings. The third-order valence-electron chi connectivity index (χ3n) is 5.97. The summed E-state index contributed by atoms with van der Waals surface area (Å²) in [5.74, 6) is -0.347. The highest BCUT2D eigenvalue weighted by Crippen LogP contribution is 2.47. The van der Waals surface area contributed by atoms with Crippen LogP contribution < -0.4 is 10.2 Å². The predicted molar refractivity (Wildman–Crippen MR) is 135 cm³/mol. The minimum Gasteiger partial charge on any atom is -0.507 e. The first-order valence-corrected chi connectivity index (χ1v) is 11.3. The van der Waals surface area contributed by atoms with E-state index in [9.17, 15) is 20.1 Å². The van der Waals surface area contributed by atoms with Gasteiger partial charge >= 0.3 is 0 Å². The number of fused-ring (bicyclic) bond motifs is 4. The molecule has 1 aromatic heterocycles. The van der Waals surface area contributed by atoms with Crippen molar-refractivity contribution in [2.45, 2.75) is 60.0 Å². The van der Waals surface area contributed by atoms with Crippen LogP contribution in [0.4, 0.5) is 0 Å². The van der Waals surface area contributed by atoms with Crippen molar-refractivity contribution < 1.29 is 24.5 Å². The SMILES string of the molecule is CC(C)=CCc1c(O)cc2oc3c(CC=C(C)C)c(O)c4c(c3c(=O)c2c1O)C=CC(C)(C)O4. The smallest absolute Gasteiger partial charge is 0.205 e. The second-order valence-electron chi connectivity index (χ2n) is 9.81. The summed E-state index contributed by atoms with van der Waals surface area (Å²) in [5, 5.41) is 33.0. The van der Waals surface area contributed by atoms with E-state index in [0.717, 1.165) is 11.1 Å². The van der Waals surface area contributed by atoms with Crippen molar-refractivity contribution >= 4 is 28.0 Å². The maximum Gasteiger partial charge on any atom is 0.205 e. The standard InChI is InChI=1S/C28H30O6/c1-14(2)7-9-16-19(29)13-20-22(23(16)30)25(32)21-17-11-12-28(5,6)34-27(17)24(31)18(26(21)33-20)10-8-15(3)4/h7-8,11-13,29-31H,9-10H2,1-6H3. The number of phenolic OH excluding ortho intramolecular Hbond substituents is 3. The van der Waals surface area contributed by atoms with Crippen molar-refractivity contribution in [3.63, 3.8) is 0 Å². The Morgan fingerprint density at radius 1 is 0.941 bits per heavy atom. The predicted octanol–water partition coefficient (Wildman–Crippen LogP) is 6.26. The van der Waals surface area contributed by atoms with Crippen LogP contribution in [-0.2, 0) is 12.8 Å². The molecule has 0 bridgehead atoms. The topological polar surface area (TPSA) is 100 Å². The number of ether oxygens (including phenoxy) is 1. The Balaban J connectivity index is 2.16. The maximum atomic E-state index is 13.8. The van der Waals surface area contributed by atoms with E-state index in [1.54, 1.807) is 6.08 Å². The third-order valence-corrected chi connectivity index (χ3v) is 5.97. The number of hydrogen-bond donors (Lipinski definition) is 3. The number of rotatable bonds is 4. The first kappa shape index (κ1) is 23.5. The molecule has 34 heavy (non-hydrogen) atoms. The highest BCUT2D eigenvalue weighted by atomic mass is 16.5. The van der Waals surface area contributed by atoms with E-state index in [2.05, 4.69) is 0 Å². The highest BCUT2D eigenvalue weighted by molar-refractivity contribution is 6.02. The van der Waals surface area contributed by atoms with Crippen LogP contribution in [-0.4, -0.2) is 20.9 Å². The molecule has 1 aliphatic rings. The molecule has 1 aliphatic heterocycles. The van der Waals surface area contributed by atoms with E-state index in [0.29, 0.717) is 17.5 Å². The fourth-order valence-corrected chi connectivity index (χ4v) is 4.15. The Bertz CT molecular complexity index is 1470. The first-order valence-electron chi connectivity index (χ1n) is 11.3. The summed E-state index contributed by atoms with van der Waals surface area (Å²) in [7, 11) is 0. The summed E-state index contributed by atoms with van der Waals surface area (Å²) in [6.07, 6.45) is 7.92. The Kier molecular flexibility index (Phi) is 5.72. The summed E-state index contributed by atoms with van der Waals surface area (Å²) in [6, 6.07) is 1.35. The molecular formula is C28H30O6. The van der Waals surface area contributed by atoms with E-state index < -0.39 is 11.0 Å². The van der Waals surface area contributed by atoms with Crippen LogP contribution in [0.2, 0.25) is 0 Å². The van der Waals surface area contributed by atoms with Gasteiger partial charge in [0.1, 0.15) is 33.7 Å². The largest absolute Gasteiger partial charge is 0.507 e. The zero-order valence-corrected chi connectivity index (χ0v) is 20.4. The van der Waals surface area contributed by atoms with Gasteiger partial charge < -0.3 is 24.5 Å². The molecule has 0 amide bonds. The molecular weight excluding hydrogens is 432 g/mol. The molecule has 0 fully saturated rings. The number of benzene rings is 2. The van der Waals surface area contributed by atoms with E-state index in [1.165, 1.54) is 6.07 Å². The molecule has 4 rings (SSSR count). The Hall–Kier alpha value is -3.67. The van der Waals surface area contributed by atoms with E-state index in [-0.39, 0.29) is 56.9 Å². The van der Waals surface area contributed by atoms with Crippen molar-refractivity contribution in [3.8, 4) is 23.0 Å². The summed E-state index contributed by atoms with van der Waals surface area (Å²) >= 11 is 0. The summed E-state index contributed by atoms with van der Waals surface area (Å²) < 4.78 is 12.2. The van der Waals surface area contributed by atoms with Crippen LogP contribution in [0, 0.1) is 0 Å². The lowest BCUT2D eigenvalue weighted by Crippen LogP contribution is -2.28. The fraction of sp³-hybridized carbons (Fsp3) is 0.321. The lowest BCUT2D eigenvalue weighted by atomic mass is 9.93. The van der Waals surface area contributed by atoms with E-state index in [1.807, 2.05) is 59.8 Å². The zero-order chi connectivity index (χ0) is 24.9. The molecule has 2 heterocycles. The number of allylic oxidation sites excluding steroid dienone is 4. The van der Waals surface area contributed by atoms with Crippen LogP contribution in [0.5, 0.6) is 23.0 Å². The zero-order valence-electron chi connectivity index (χ0n) is 20.4. The summed E-state index contributed by atoms with van der Waals surface area (Å²) in [5.41, 5.74) is 2.25.